The van der Waals surface area contributed by atoms with E-state index in [9.17, 15) is 4.79 Å². The molecule has 0 atom stereocenters. The van der Waals surface area contributed by atoms with Gasteiger partial charge in [-0.2, -0.15) is 5.10 Å². The lowest BCUT2D eigenvalue weighted by molar-refractivity contribution is -0.181. The van der Waals surface area contributed by atoms with Crippen LogP contribution >= 0.6 is 11.6 Å². The Bertz CT molecular complexity index is 527. The van der Waals surface area contributed by atoms with Crippen LogP contribution in [0.25, 0.3) is 0 Å². The molecule has 0 saturated carbocycles. The Labute approximate surface area is 122 Å². The molecule has 0 radical (unpaired) electrons. The second-order valence-electron chi connectivity index (χ2n) is 5.27. The summed E-state index contributed by atoms with van der Waals surface area (Å²) in [4.78, 5) is 14.3. The largest absolute Gasteiger partial charge is 0.347 e. The van der Waals surface area contributed by atoms with Crippen molar-refractivity contribution in [1.82, 2.24) is 14.7 Å². The van der Waals surface area contributed by atoms with E-state index >= 15 is 0 Å². The normalized spacial score (nSPS) is 21.6. The van der Waals surface area contributed by atoms with Gasteiger partial charge in [-0.15, -0.1) is 0 Å². The van der Waals surface area contributed by atoms with Crippen LogP contribution in [0.4, 0.5) is 0 Å². The summed E-state index contributed by atoms with van der Waals surface area (Å²) in [7, 11) is 1.74. The first kappa shape index (κ1) is 13.9. The predicted octanol–water partition coefficient (Wildman–Crippen LogP) is 1.36. The van der Waals surface area contributed by atoms with Crippen molar-refractivity contribution in [3.05, 3.63) is 16.4 Å². The van der Waals surface area contributed by atoms with Crippen LogP contribution in [0.15, 0.2) is 0 Å². The number of ether oxygens (including phenoxy) is 2. The number of likely N-dealkylation sites (tertiary alicyclic amines) is 1. The highest BCUT2D eigenvalue weighted by Gasteiger charge is 2.41. The molecule has 0 aromatic carbocycles. The van der Waals surface area contributed by atoms with Crippen molar-refractivity contribution < 1.29 is 14.3 Å². The van der Waals surface area contributed by atoms with Crippen molar-refractivity contribution in [1.29, 1.82) is 0 Å². The summed E-state index contributed by atoms with van der Waals surface area (Å²) in [6, 6.07) is 0. The maximum atomic E-state index is 12.6. The minimum atomic E-state index is -0.469. The second kappa shape index (κ2) is 5.02. The highest BCUT2D eigenvalue weighted by atomic mass is 35.5. The fourth-order valence-electron chi connectivity index (χ4n) is 2.85. The summed E-state index contributed by atoms with van der Waals surface area (Å²) in [6.45, 7) is 4.30. The number of nitrogens with zero attached hydrogens (tertiary/aromatic N) is 3. The molecule has 0 N–H and O–H groups in total. The van der Waals surface area contributed by atoms with Crippen LogP contribution in [0.3, 0.4) is 0 Å². The van der Waals surface area contributed by atoms with Crippen LogP contribution in [0.1, 0.15) is 29.0 Å². The Morgan fingerprint density at radius 3 is 2.40 bits per heavy atom. The highest BCUT2D eigenvalue weighted by molar-refractivity contribution is 6.34. The van der Waals surface area contributed by atoms with E-state index in [1.54, 1.807) is 23.6 Å². The Morgan fingerprint density at radius 1 is 1.30 bits per heavy atom. The molecule has 2 saturated heterocycles. The van der Waals surface area contributed by atoms with Crippen molar-refractivity contribution in [3.8, 4) is 0 Å². The maximum absolute atomic E-state index is 12.6. The number of hydrogen-bond acceptors (Lipinski definition) is 4. The number of aromatic nitrogens is 2. The van der Waals surface area contributed by atoms with Gasteiger partial charge in [0, 0.05) is 33.0 Å². The number of amides is 1. The third-order valence-electron chi connectivity index (χ3n) is 3.98. The SMILES string of the molecule is Cc1nn(C)c(C(=O)N2CCC3(CC2)OCCO3)c1Cl. The molecule has 1 spiro atoms. The standard InChI is InChI=1S/C13H18ClN3O3/c1-9-10(14)11(16(2)15-9)12(18)17-5-3-13(4-6-17)19-7-8-20-13/h3-8H2,1-2H3. The molecule has 2 fully saturated rings. The van der Waals surface area contributed by atoms with Crippen LogP contribution in [-0.2, 0) is 16.5 Å². The number of carbonyl (C=O) groups excluding carboxylic acids is 1. The summed E-state index contributed by atoms with van der Waals surface area (Å²) in [6.07, 6.45) is 1.40. The van der Waals surface area contributed by atoms with Crippen LogP contribution in [0.2, 0.25) is 5.02 Å². The molecular formula is C13H18ClN3O3. The topological polar surface area (TPSA) is 56.6 Å². The lowest BCUT2D eigenvalue weighted by Crippen LogP contribution is -2.47. The van der Waals surface area contributed by atoms with Gasteiger partial charge in [-0.25, -0.2) is 0 Å². The molecule has 1 aromatic rings. The Hall–Kier alpha value is -1.11. The van der Waals surface area contributed by atoms with E-state index in [2.05, 4.69) is 5.10 Å². The third-order valence-corrected chi connectivity index (χ3v) is 4.43. The number of rotatable bonds is 1. The minimum absolute atomic E-state index is 0.0778. The van der Waals surface area contributed by atoms with Crippen molar-refractivity contribution in [2.24, 2.45) is 7.05 Å². The van der Waals surface area contributed by atoms with Gasteiger partial charge in [0.2, 0.25) is 0 Å². The minimum Gasteiger partial charge on any atom is -0.347 e. The summed E-state index contributed by atoms with van der Waals surface area (Å²) in [5, 5.41) is 4.62. The Kier molecular flexibility index (Phi) is 3.48. The van der Waals surface area contributed by atoms with Gasteiger partial charge < -0.3 is 14.4 Å². The molecule has 7 heteroatoms. The number of halogens is 1. The van der Waals surface area contributed by atoms with Gasteiger partial charge >= 0.3 is 0 Å². The molecule has 1 amide bonds. The molecule has 0 aliphatic carbocycles. The molecule has 3 heterocycles. The van der Waals surface area contributed by atoms with Crippen molar-refractivity contribution in [2.75, 3.05) is 26.3 Å². The average molecular weight is 300 g/mol. The Balaban J connectivity index is 1.73. The molecule has 2 aliphatic rings. The van der Waals surface area contributed by atoms with Gasteiger partial charge in [0.15, 0.2) is 5.79 Å². The maximum Gasteiger partial charge on any atom is 0.273 e. The third kappa shape index (κ3) is 2.21. The van der Waals surface area contributed by atoms with Gasteiger partial charge in [-0.05, 0) is 6.92 Å². The average Bonchev–Trinajstić information content (AvgIpc) is 2.97. The smallest absolute Gasteiger partial charge is 0.273 e. The van der Waals surface area contributed by atoms with E-state index in [1.165, 1.54) is 0 Å². The van der Waals surface area contributed by atoms with Crippen molar-refractivity contribution in [3.63, 3.8) is 0 Å². The fraction of sp³-hybridized carbons (Fsp3) is 0.692. The van der Waals surface area contributed by atoms with Crippen LogP contribution in [0, 0.1) is 6.92 Å². The monoisotopic (exact) mass is 299 g/mol. The number of piperidine rings is 1. The zero-order chi connectivity index (χ0) is 14.3. The van der Waals surface area contributed by atoms with Crippen molar-refractivity contribution in [2.45, 2.75) is 25.6 Å². The predicted molar refractivity (Wildman–Crippen MR) is 72.7 cm³/mol. The molecule has 0 unspecified atom stereocenters. The lowest BCUT2D eigenvalue weighted by atomic mass is 10.0. The number of carbonyl (C=O) groups is 1. The van der Waals surface area contributed by atoms with E-state index < -0.39 is 5.79 Å². The van der Waals surface area contributed by atoms with Gasteiger partial charge in [0.25, 0.3) is 5.91 Å². The molecule has 20 heavy (non-hydrogen) atoms. The lowest BCUT2D eigenvalue weighted by Gasteiger charge is -2.37. The molecule has 2 aliphatic heterocycles. The van der Waals surface area contributed by atoms with Crippen molar-refractivity contribution >= 4 is 17.5 Å². The van der Waals surface area contributed by atoms with Gasteiger partial charge in [0.05, 0.1) is 23.9 Å². The second-order valence-corrected chi connectivity index (χ2v) is 5.65. The fourth-order valence-corrected chi connectivity index (χ4v) is 3.09. The van der Waals surface area contributed by atoms with Crippen LogP contribution in [-0.4, -0.2) is 52.7 Å². The van der Waals surface area contributed by atoms with E-state index in [0.29, 0.717) is 55.6 Å². The van der Waals surface area contributed by atoms with E-state index in [1.807, 2.05) is 0 Å². The zero-order valence-electron chi connectivity index (χ0n) is 11.7. The van der Waals surface area contributed by atoms with Crippen LogP contribution in [0.5, 0.6) is 0 Å². The highest BCUT2D eigenvalue weighted by Crippen LogP contribution is 2.32. The van der Waals surface area contributed by atoms with E-state index in [0.717, 1.165) is 0 Å². The van der Waals surface area contributed by atoms with E-state index in [4.69, 9.17) is 21.1 Å². The molecule has 1 aromatic heterocycles. The molecule has 110 valence electrons. The van der Waals surface area contributed by atoms with Gasteiger partial charge in [-0.1, -0.05) is 11.6 Å². The zero-order valence-corrected chi connectivity index (χ0v) is 12.4. The molecular weight excluding hydrogens is 282 g/mol. The quantitative estimate of drug-likeness (QED) is 0.786. The first-order valence-electron chi connectivity index (χ1n) is 6.79. The molecule has 0 bridgehead atoms. The summed E-state index contributed by atoms with van der Waals surface area (Å²) >= 11 is 6.17. The Morgan fingerprint density at radius 2 is 1.90 bits per heavy atom. The van der Waals surface area contributed by atoms with Crippen LogP contribution < -0.4 is 0 Å². The summed E-state index contributed by atoms with van der Waals surface area (Å²) in [5.74, 6) is -0.547. The number of aryl methyl sites for hydroxylation is 2. The van der Waals surface area contributed by atoms with Gasteiger partial charge in [-0.3, -0.25) is 9.48 Å². The summed E-state index contributed by atoms with van der Waals surface area (Å²) < 4.78 is 12.9. The van der Waals surface area contributed by atoms with E-state index in [-0.39, 0.29) is 5.91 Å². The first-order chi connectivity index (χ1) is 9.52. The molecule has 3 rings (SSSR count). The first-order valence-corrected chi connectivity index (χ1v) is 7.16. The number of hydrogen-bond donors (Lipinski definition) is 0. The summed E-state index contributed by atoms with van der Waals surface area (Å²) in [5.41, 5.74) is 1.13. The van der Waals surface area contributed by atoms with Gasteiger partial charge in [0.1, 0.15) is 5.69 Å². The molecule has 6 nitrogen and oxygen atoms in total.